The molecule has 0 aromatic heterocycles. The van der Waals surface area contributed by atoms with Gasteiger partial charge in [0, 0.05) is 24.8 Å². The summed E-state index contributed by atoms with van der Waals surface area (Å²) >= 11 is 0. The van der Waals surface area contributed by atoms with Crippen molar-refractivity contribution >= 4 is 23.5 Å². The van der Waals surface area contributed by atoms with Crippen molar-refractivity contribution in [3.8, 4) is 0 Å². The Morgan fingerprint density at radius 2 is 1.65 bits per heavy atom. The number of hydrogen-bond donors (Lipinski definition) is 1. The Morgan fingerprint density at radius 3 is 2.27 bits per heavy atom. The minimum absolute atomic E-state index is 0.0968. The monoisotopic (exact) mass is 352 g/mol. The van der Waals surface area contributed by atoms with Crippen LogP contribution in [-0.2, 0) is 4.79 Å². The summed E-state index contributed by atoms with van der Waals surface area (Å²) in [6, 6.07) is 14.6. The first-order valence-electron chi connectivity index (χ1n) is 8.46. The summed E-state index contributed by atoms with van der Waals surface area (Å²) in [7, 11) is 1.62. The van der Waals surface area contributed by atoms with E-state index in [-0.39, 0.29) is 17.4 Å². The van der Waals surface area contributed by atoms with E-state index >= 15 is 0 Å². The molecule has 2 amide bonds. The first-order valence-corrected chi connectivity index (χ1v) is 8.46. The van der Waals surface area contributed by atoms with E-state index < -0.39 is 12.0 Å². The number of carbonyl (C=O) groups is 3. The van der Waals surface area contributed by atoms with Gasteiger partial charge in [0.2, 0.25) is 5.91 Å². The fourth-order valence-corrected chi connectivity index (χ4v) is 3.18. The van der Waals surface area contributed by atoms with Crippen LogP contribution in [0.3, 0.4) is 0 Å². The molecule has 3 rings (SSSR count). The van der Waals surface area contributed by atoms with Crippen molar-refractivity contribution in [1.29, 1.82) is 0 Å². The Bertz CT molecular complexity index is 817. The van der Waals surface area contributed by atoms with Gasteiger partial charge in [-0.3, -0.25) is 9.59 Å². The minimum atomic E-state index is -1.04. The second kappa shape index (κ2) is 7.39. The predicted molar refractivity (Wildman–Crippen MR) is 97.3 cm³/mol. The van der Waals surface area contributed by atoms with Gasteiger partial charge in [-0.2, -0.15) is 0 Å². The molecule has 0 spiro atoms. The van der Waals surface area contributed by atoms with Crippen molar-refractivity contribution < 1.29 is 19.5 Å². The number of likely N-dealkylation sites (N-methyl/N-ethyl adjacent to an activating group) is 1. The van der Waals surface area contributed by atoms with E-state index in [1.54, 1.807) is 11.9 Å². The summed E-state index contributed by atoms with van der Waals surface area (Å²) < 4.78 is 0. The number of piperidine rings is 1. The zero-order valence-corrected chi connectivity index (χ0v) is 14.5. The van der Waals surface area contributed by atoms with Crippen molar-refractivity contribution in [2.45, 2.75) is 18.9 Å². The maximum atomic E-state index is 12.9. The number of anilines is 1. The van der Waals surface area contributed by atoms with E-state index in [0.29, 0.717) is 18.5 Å². The van der Waals surface area contributed by atoms with Crippen molar-refractivity contribution in [2.75, 3.05) is 18.5 Å². The number of amides is 2. The standard InChI is InChI=1S/C20H20N2O4/c1-21(18(23)14-9-11-15(12-10-14)20(25)26)17-8-5-13-22(19(17)24)16-6-3-2-4-7-16/h2-4,6-7,9-12,17H,5,8,13H2,1H3,(H,25,26). The summed E-state index contributed by atoms with van der Waals surface area (Å²) in [5.74, 6) is -1.44. The van der Waals surface area contributed by atoms with Crippen LogP contribution in [0.25, 0.3) is 0 Å². The Balaban J connectivity index is 1.77. The van der Waals surface area contributed by atoms with Gasteiger partial charge in [-0.25, -0.2) is 4.79 Å². The summed E-state index contributed by atoms with van der Waals surface area (Å²) in [6.07, 6.45) is 1.42. The first kappa shape index (κ1) is 17.7. The van der Waals surface area contributed by atoms with Gasteiger partial charge in [-0.1, -0.05) is 18.2 Å². The quantitative estimate of drug-likeness (QED) is 0.918. The molecular formula is C20H20N2O4. The smallest absolute Gasteiger partial charge is 0.335 e. The molecule has 0 radical (unpaired) electrons. The molecule has 1 fully saturated rings. The van der Waals surface area contributed by atoms with Crippen LogP contribution in [0.4, 0.5) is 5.69 Å². The molecule has 1 aliphatic rings. The minimum Gasteiger partial charge on any atom is -0.478 e. The Hall–Kier alpha value is -3.15. The Labute approximate surface area is 151 Å². The highest BCUT2D eigenvalue weighted by Crippen LogP contribution is 2.24. The fraction of sp³-hybridized carbons (Fsp3) is 0.250. The van der Waals surface area contributed by atoms with E-state index in [2.05, 4.69) is 0 Å². The number of benzene rings is 2. The number of aromatic carboxylic acids is 1. The molecule has 6 nitrogen and oxygen atoms in total. The van der Waals surface area contributed by atoms with Crippen LogP contribution in [0, 0.1) is 0 Å². The van der Waals surface area contributed by atoms with Gasteiger partial charge in [0.1, 0.15) is 6.04 Å². The zero-order chi connectivity index (χ0) is 18.7. The van der Waals surface area contributed by atoms with Crippen LogP contribution in [0.5, 0.6) is 0 Å². The molecule has 1 unspecified atom stereocenters. The van der Waals surface area contributed by atoms with Gasteiger partial charge in [0.25, 0.3) is 5.91 Å². The average Bonchev–Trinajstić information content (AvgIpc) is 2.68. The second-order valence-electron chi connectivity index (χ2n) is 6.28. The maximum absolute atomic E-state index is 12.9. The van der Waals surface area contributed by atoms with Gasteiger partial charge in [-0.15, -0.1) is 0 Å². The van der Waals surface area contributed by atoms with Crippen LogP contribution in [0.15, 0.2) is 54.6 Å². The SMILES string of the molecule is CN(C(=O)c1ccc(C(=O)O)cc1)C1CCCN(c2ccccc2)C1=O. The van der Waals surface area contributed by atoms with Crippen molar-refractivity contribution in [2.24, 2.45) is 0 Å². The van der Waals surface area contributed by atoms with Gasteiger partial charge in [0.15, 0.2) is 0 Å². The summed E-state index contributed by atoms with van der Waals surface area (Å²) in [4.78, 5) is 39.7. The number of carboxylic acids is 1. The number of carbonyl (C=O) groups excluding carboxylic acids is 2. The van der Waals surface area contributed by atoms with E-state index in [4.69, 9.17) is 5.11 Å². The van der Waals surface area contributed by atoms with Crippen LogP contribution < -0.4 is 4.90 Å². The molecule has 26 heavy (non-hydrogen) atoms. The highest BCUT2D eigenvalue weighted by molar-refractivity contribution is 6.03. The molecule has 134 valence electrons. The molecule has 0 bridgehead atoms. The lowest BCUT2D eigenvalue weighted by Crippen LogP contribution is -2.53. The zero-order valence-electron chi connectivity index (χ0n) is 14.5. The lowest BCUT2D eigenvalue weighted by Gasteiger charge is -2.36. The van der Waals surface area contributed by atoms with Crippen molar-refractivity contribution in [3.05, 3.63) is 65.7 Å². The molecule has 2 aromatic rings. The summed E-state index contributed by atoms with van der Waals surface area (Å²) in [5.41, 5.74) is 1.31. The molecule has 1 heterocycles. The van der Waals surface area contributed by atoms with Crippen LogP contribution in [0.2, 0.25) is 0 Å². The van der Waals surface area contributed by atoms with Crippen LogP contribution in [-0.4, -0.2) is 47.4 Å². The molecule has 0 aliphatic carbocycles. The summed E-state index contributed by atoms with van der Waals surface area (Å²) in [6.45, 7) is 0.634. The number of nitrogens with zero attached hydrogens (tertiary/aromatic N) is 2. The highest BCUT2D eigenvalue weighted by atomic mass is 16.4. The second-order valence-corrected chi connectivity index (χ2v) is 6.28. The fourth-order valence-electron chi connectivity index (χ4n) is 3.18. The third-order valence-electron chi connectivity index (χ3n) is 4.64. The normalized spacial score (nSPS) is 17.0. The topological polar surface area (TPSA) is 77.9 Å². The van der Waals surface area contributed by atoms with Gasteiger partial charge in [0.05, 0.1) is 5.56 Å². The van der Waals surface area contributed by atoms with Crippen molar-refractivity contribution in [3.63, 3.8) is 0 Å². The molecule has 1 saturated heterocycles. The lowest BCUT2D eigenvalue weighted by atomic mass is 10.0. The Kier molecular flexibility index (Phi) is 5.02. The third kappa shape index (κ3) is 3.44. The number of rotatable bonds is 4. The lowest BCUT2D eigenvalue weighted by molar-refractivity contribution is -0.124. The maximum Gasteiger partial charge on any atom is 0.335 e. The van der Waals surface area contributed by atoms with Crippen molar-refractivity contribution in [1.82, 2.24) is 4.90 Å². The number of para-hydroxylation sites is 1. The van der Waals surface area contributed by atoms with E-state index in [1.807, 2.05) is 30.3 Å². The molecule has 1 N–H and O–H groups in total. The Morgan fingerprint density at radius 1 is 1.04 bits per heavy atom. The summed E-state index contributed by atoms with van der Waals surface area (Å²) in [5, 5.41) is 8.95. The molecule has 2 aromatic carbocycles. The average molecular weight is 352 g/mol. The van der Waals surface area contributed by atoms with Crippen LogP contribution in [0.1, 0.15) is 33.6 Å². The molecule has 1 atom stereocenters. The van der Waals surface area contributed by atoms with Crippen LogP contribution >= 0.6 is 0 Å². The predicted octanol–water partition coefficient (Wildman–Crippen LogP) is 2.65. The number of hydrogen-bond acceptors (Lipinski definition) is 3. The highest BCUT2D eigenvalue weighted by Gasteiger charge is 2.34. The largest absolute Gasteiger partial charge is 0.478 e. The molecule has 6 heteroatoms. The molecule has 0 saturated carbocycles. The van der Waals surface area contributed by atoms with Gasteiger partial charge in [-0.05, 0) is 49.2 Å². The molecule has 1 aliphatic heterocycles. The number of carboxylic acid groups (broad SMARTS) is 1. The van der Waals surface area contributed by atoms with Gasteiger partial charge < -0.3 is 14.9 Å². The van der Waals surface area contributed by atoms with E-state index in [1.165, 1.54) is 29.2 Å². The molecular weight excluding hydrogens is 332 g/mol. The first-order chi connectivity index (χ1) is 12.5. The van der Waals surface area contributed by atoms with Gasteiger partial charge >= 0.3 is 5.97 Å². The van der Waals surface area contributed by atoms with E-state index in [0.717, 1.165) is 12.1 Å². The van der Waals surface area contributed by atoms with E-state index in [9.17, 15) is 14.4 Å². The third-order valence-corrected chi connectivity index (χ3v) is 4.64.